The van der Waals surface area contributed by atoms with Gasteiger partial charge < -0.3 is 9.47 Å². The summed E-state index contributed by atoms with van der Waals surface area (Å²) in [6.45, 7) is 3.38. The van der Waals surface area contributed by atoms with Crippen LogP contribution in [0.5, 0.6) is 0 Å². The van der Waals surface area contributed by atoms with Crippen molar-refractivity contribution in [3.8, 4) is 12.3 Å². The van der Waals surface area contributed by atoms with Gasteiger partial charge >= 0.3 is 11.9 Å². The highest BCUT2D eigenvalue weighted by Crippen LogP contribution is 2.09. The predicted octanol–water partition coefficient (Wildman–Crippen LogP) is 1.10. The first-order valence-electron chi connectivity index (χ1n) is 4.45. The summed E-state index contributed by atoms with van der Waals surface area (Å²) in [7, 11) is 0. The van der Waals surface area contributed by atoms with Gasteiger partial charge in [-0.3, -0.25) is 4.79 Å². The highest BCUT2D eigenvalue weighted by Gasteiger charge is 2.15. The Kier molecular flexibility index (Phi) is 6.21. The topological polar surface area (TPSA) is 52.6 Å². The molecule has 0 aromatic heterocycles. The zero-order valence-electron chi connectivity index (χ0n) is 8.41. The van der Waals surface area contributed by atoms with Gasteiger partial charge in [-0.2, -0.15) is 0 Å². The maximum absolute atomic E-state index is 11.2. The summed E-state index contributed by atoms with van der Waals surface area (Å²) in [5.41, 5.74) is 0. The van der Waals surface area contributed by atoms with E-state index in [0.29, 0.717) is 12.8 Å². The Morgan fingerprint density at radius 2 is 1.86 bits per heavy atom. The Morgan fingerprint density at radius 3 is 2.29 bits per heavy atom. The van der Waals surface area contributed by atoms with Crippen molar-refractivity contribution in [2.75, 3.05) is 6.79 Å². The highest BCUT2D eigenvalue weighted by molar-refractivity contribution is 5.87. The molecule has 14 heavy (non-hydrogen) atoms. The second-order valence-corrected chi connectivity index (χ2v) is 2.67. The van der Waals surface area contributed by atoms with Gasteiger partial charge in [-0.15, -0.1) is 6.42 Å². The molecule has 0 N–H and O–H groups in total. The van der Waals surface area contributed by atoms with Crippen molar-refractivity contribution >= 4 is 11.9 Å². The van der Waals surface area contributed by atoms with Crippen LogP contribution in [0.4, 0.5) is 0 Å². The molecule has 78 valence electrons. The van der Waals surface area contributed by atoms with Gasteiger partial charge in [0.25, 0.3) is 0 Å². The second kappa shape index (κ2) is 6.96. The molecule has 0 aromatic rings. The molecule has 0 atom stereocenters. The Bertz CT molecular complexity index is 235. The molecule has 0 aliphatic rings. The maximum Gasteiger partial charge on any atom is 0.386 e. The molecule has 0 bridgehead atoms. The number of ether oxygens (including phenoxy) is 2. The molecular weight excluding hydrogens is 184 g/mol. The fourth-order valence-corrected chi connectivity index (χ4v) is 0.923. The van der Waals surface area contributed by atoms with Gasteiger partial charge in [0.15, 0.2) is 0 Å². The van der Waals surface area contributed by atoms with E-state index in [1.807, 2.05) is 13.8 Å². The van der Waals surface area contributed by atoms with Gasteiger partial charge in [-0.05, 0) is 12.8 Å². The molecular formula is C10H14O4. The third kappa shape index (κ3) is 4.51. The largest absolute Gasteiger partial charge is 0.428 e. The monoisotopic (exact) mass is 198 g/mol. The van der Waals surface area contributed by atoms with E-state index in [4.69, 9.17) is 6.42 Å². The van der Waals surface area contributed by atoms with Crippen molar-refractivity contribution in [2.24, 2.45) is 5.92 Å². The first-order chi connectivity index (χ1) is 6.65. The molecule has 0 fully saturated rings. The standard InChI is InChI=1S/C10H14O4/c1-4-8(5-2)10(12)14-7-13-9(11)6-3/h3,8H,4-5,7H2,1-2H3. The van der Waals surface area contributed by atoms with E-state index in [2.05, 4.69) is 9.47 Å². The number of rotatable bonds is 5. The Labute approximate surface area is 83.6 Å². The highest BCUT2D eigenvalue weighted by atomic mass is 16.7. The molecule has 4 nitrogen and oxygen atoms in total. The smallest absolute Gasteiger partial charge is 0.386 e. The Hall–Kier alpha value is -1.50. The summed E-state index contributed by atoms with van der Waals surface area (Å²) in [5, 5.41) is 0. The van der Waals surface area contributed by atoms with Gasteiger partial charge in [-0.1, -0.05) is 13.8 Å². The van der Waals surface area contributed by atoms with Gasteiger partial charge in [0.2, 0.25) is 6.79 Å². The molecule has 0 radical (unpaired) electrons. The molecule has 0 rings (SSSR count). The van der Waals surface area contributed by atoms with E-state index < -0.39 is 12.8 Å². The lowest BCUT2D eigenvalue weighted by atomic mass is 10.0. The fraction of sp³-hybridized carbons (Fsp3) is 0.600. The zero-order chi connectivity index (χ0) is 11.0. The van der Waals surface area contributed by atoms with Crippen LogP contribution in [0.1, 0.15) is 26.7 Å². The van der Waals surface area contributed by atoms with Crippen molar-refractivity contribution in [3.05, 3.63) is 0 Å². The van der Waals surface area contributed by atoms with Crippen molar-refractivity contribution < 1.29 is 19.1 Å². The number of hydrogen-bond acceptors (Lipinski definition) is 4. The number of carbonyl (C=O) groups is 2. The molecule has 4 heteroatoms. The minimum absolute atomic E-state index is 0.139. The summed E-state index contributed by atoms with van der Waals surface area (Å²) in [5.74, 6) is 0.412. The van der Waals surface area contributed by atoms with Gasteiger partial charge in [-0.25, -0.2) is 4.79 Å². The lowest BCUT2D eigenvalue weighted by Gasteiger charge is -2.10. The third-order valence-electron chi connectivity index (χ3n) is 1.83. The van der Waals surface area contributed by atoms with Crippen LogP contribution in [0, 0.1) is 18.3 Å². The van der Waals surface area contributed by atoms with Gasteiger partial charge in [0.05, 0.1) is 5.92 Å². The molecule has 0 unspecified atom stereocenters. The van der Waals surface area contributed by atoms with Crippen LogP contribution < -0.4 is 0 Å². The summed E-state index contributed by atoms with van der Waals surface area (Å²) in [6.07, 6.45) is 6.15. The van der Waals surface area contributed by atoms with Crippen LogP contribution in [-0.2, 0) is 19.1 Å². The second-order valence-electron chi connectivity index (χ2n) is 2.67. The molecule has 0 saturated heterocycles. The SMILES string of the molecule is C#CC(=O)OCOC(=O)C(CC)CC. The first kappa shape index (κ1) is 12.5. The van der Waals surface area contributed by atoms with Crippen molar-refractivity contribution in [1.29, 1.82) is 0 Å². The van der Waals surface area contributed by atoms with E-state index in [0.717, 1.165) is 0 Å². The van der Waals surface area contributed by atoms with Crippen molar-refractivity contribution in [2.45, 2.75) is 26.7 Å². The molecule has 0 amide bonds. The number of esters is 2. The van der Waals surface area contributed by atoms with E-state index >= 15 is 0 Å². The number of hydrogen-bond donors (Lipinski definition) is 0. The first-order valence-corrected chi connectivity index (χ1v) is 4.45. The number of terminal acetylenes is 1. The van der Waals surface area contributed by atoms with E-state index in [1.54, 1.807) is 5.92 Å². The average Bonchev–Trinajstić information content (AvgIpc) is 2.19. The van der Waals surface area contributed by atoms with E-state index in [9.17, 15) is 9.59 Å². The number of carbonyl (C=O) groups excluding carboxylic acids is 2. The minimum Gasteiger partial charge on any atom is -0.428 e. The lowest BCUT2D eigenvalue weighted by molar-refractivity contribution is -0.167. The average molecular weight is 198 g/mol. The summed E-state index contributed by atoms with van der Waals surface area (Å²) >= 11 is 0. The third-order valence-corrected chi connectivity index (χ3v) is 1.83. The zero-order valence-corrected chi connectivity index (χ0v) is 8.41. The molecule has 0 aliphatic carbocycles. The molecule has 0 spiro atoms. The predicted molar refractivity (Wildman–Crippen MR) is 50.0 cm³/mol. The Balaban J connectivity index is 3.74. The van der Waals surface area contributed by atoms with Crippen molar-refractivity contribution in [1.82, 2.24) is 0 Å². The van der Waals surface area contributed by atoms with Crippen LogP contribution in [0.2, 0.25) is 0 Å². The van der Waals surface area contributed by atoms with Gasteiger partial charge in [0.1, 0.15) is 0 Å². The van der Waals surface area contributed by atoms with Crippen LogP contribution >= 0.6 is 0 Å². The van der Waals surface area contributed by atoms with Crippen molar-refractivity contribution in [3.63, 3.8) is 0 Å². The fourth-order valence-electron chi connectivity index (χ4n) is 0.923. The summed E-state index contributed by atoms with van der Waals surface area (Å²) in [4.78, 5) is 21.7. The van der Waals surface area contributed by atoms with Crippen LogP contribution in [0.15, 0.2) is 0 Å². The molecule has 0 saturated carbocycles. The normalized spacial score (nSPS) is 9.29. The van der Waals surface area contributed by atoms with E-state index in [1.165, 1.54) is 0 Å². The quantitative estimate of drug-likeness (QED) is 0.287. The maximum atomic E-state index is 11.2. The lowest BCUT2D eigenvalue weighted by Crippen LogP contribution is -2.19. The molecule has 0 heterocycles. The summed E-state index contributed by atoms with van der Waals surface area (Å²) < 4.78 is 9.06. The van der Waals surface area contributed by atoms with Crippen LogP contribution in [0.3, 0.4) is 0 Å². The Morgan fingerprint density at radius 1 is 1.29 bits per heavy atom. The summed E-state index contributed by atoms with van der Waals surface area (Å²) in [6, 6.07) is 0. The minimum atomic E-state index is -0.831. The van der Waals surface area contributed by atoms with Gasteiger partial charge in [0, 0.05) is 5.92 Å². The van der Waals surface area contributed by atoms with E-state index in [-0.39, 0.29) is 11.9 Å². The van der Waals surface area contributed by atoms with Crippen LogP contribution in [-0.4, -0.2) is 18.7 Å². The molecule has 0 aliphatic heterocycles. The molecule has 0 aromatic carbocycles. The van der Waals surface area contributed by atoms with Crippen LogP contribution in [0.25, 0.3) is 0 Å².